The van der Waals surface area contributed by atoms with Gasteiger partial charge < -0.3 is 14.8 Å². The fourth-order valence-corrected chi connectivity index (χ4v) is 1.65. The van der Waals surface area contributed by atoms with Crippen molar-refractivity contribution in [2.45, 2.75) is 0 Å². The normalized spacial score (nSPS) is 10.2. The number of ether oxygens (including phenoxy) is 1. The fourth-order valence-electron chi connectivity index (χ4n) is 1.65. The summed E-state index contributed by atoms with van der Waals surface area (Å²) in [5.74, 6) is -1.47. The van der Waals surface area contributed by atoms with E-state index in [-0.39, 0.29) is 16.7 Å². The van der Waals surface area contributed by atoms with Crippen LogP contribution in [0.4, 0.5) is 4.39 Å². The number of carbonyl (C=O) groups is 1. The summed E-state index contributed by atoms with van der Waals surface area (Å²) in [6, 6.07) is 5.03. The van der Waals surface area contributed by atoms with E-state index in [9.17, 15) is 14.0 Å². The van der Waals surface area contributed by atoms with Crippen LogP contribution < -0.4 is 10.3 Å². The van der Waals surface area contributed by atoms with Crippen molar-refractivity contribution in [3.8, 4) is 16.9 Å². The van der Waals surface area contributed by atoms with Gasteiger partial charge in [-0.3, -0.25) is 4.79 Å². The molecule has 0 radical (unpaired) electrons. The van der Waals surface area contributed by atoms with Crippen LogP contribution in [0.3, 0.4) is 0 Å². The van der Waals surface area contributed by atoms with E-state index in [1.165, 1.54) is 19.2 Å². The van der Waals surface area contributed by atoms with Gasteiger partial charge in [0.15, 0.2) is 0 Å². The second-order valence-corrected chi connectivity index (χ2v) is 3.78. The van der Waals surface area contributed by atoms with Gasteiger partial charge in [-0.25, -0.2) is 9.18 Å². The van der Waals surface area contributed by atoms with Gasteiger partial charge >= 0.3 is 5.97 Å². The van der Waals surface area contributed by atoms with E-state index in [0.717, 1.165) is 18.3 Å². The minimum absolute atomic E-state index is 0.0105. The van der Waals surface area contributed by atoms with Crippen LogP contribution in [-0.4, -0.2) is 23.2 Å². The van der Waals surface area contributed by atoms with Crippen molar-refractivity contribution in [2.75, 3.05) is 7.11 Å². The molecule has 1 heterocycles. The largest absolute Gasteiger partial charge is 0.497 e. The predicted octanol–water partition coefficient (Wildman–Crippen LogP) is 1.89. The van der Waals surface area contributed by atoms with E-state index in [4.69, 9.17) is 9.84 Å². The number of aromatic nitrogens is 1. The molecular formula is C13H10FNO4. The Morgan fingerprint density at radius 3 is 2.68 bits per heavy atom. The van der Waals surface area contributed by atoms with Gasteiger partial charge in [-0.05, 0) is 24.3 Å². The molecule has 0 aliphatic rings. The molecule has 0 atom stereocenters. The summed E-state index contributed by atoms with van der Waals surface area (Å²) in [5.41, 5.74) is -0.769. The Bertz CT molecular complexity index is 693. The third-order valence-corrected chi connectivity index (χ3v) is 2.61. The Balaban J connectivity index is 2.67. The molecule has 5 nitrogen and oxygen atoms in total. The van der Waals surface area contributed by atoms with Crippen LogP contribution in [0.15, 0.2) is 35.3 Å². The lowest BCUT2D eigenvalue weighted by Crippen LogP contribution is -2.12. The number of nitrogens with one attached hydrogen (secondary N) is 1. The smallest absolute Gasteiger partial charge is 0.337 e. The zero-order valence-electron chi connectivity index (χ0n) is 9.94. The number of H-pyrrole nitrogens is 1. The summed E-state index contributed by atoms with van der Waals surface area (Å²) >= 11 is 0. The molecular weight excluding hydrogens is 253 g/mol. The second kappa shape index (κ2) is 4.93. The molecule has 0 aliphatic heterocycles. The van der Waals surface area contributed by atoms with Gasteiger partial charge in [-0.15, -0.1) is 0 Å². The summed E-state index contributed by atoms with van der Waals surface area (Å²) < 4.78 is 18.7. The molecule has 2 rings (SSSR count). The average Bonchev–Trinajstić information content (AvgIpc) is 2.40. The Morgan fingerprint density at radius 2 is 2.05 bits per heavy atom. The molecule has 0 spiro atoms. The van der Waals surface area contributed by atoms with Crippen molar-refractivity contribution in [1.82, 2.24) is 4.98 Å². The van der Waals surface area contributed by atoms with Gasteiger partial charge in [0, 0.05) is 11.8 Å². The topological polar surface area (TPSA) is 79.4 Å². The third kappa shape index (κ3) is 2.47. The van der Waals surface area contributed by atoms with Crippen LogP contribution in [-0.2, 0) is 0 Å². The molecule has 0 saturated carbocycles. The Morgan fingerprint density at radius 1 is 1.32 bits per heavy atom. The summed E-state index contributed by atoms with van der Waals surface area (Å²) in [7, 11) is 1.41. The first-order valence-corrected chi connectivity index (χ1v) is 5.33. The first-order valence-electron chi connectivity index (χ1n) is 5.33. The van der Waals surface area contributed by atoms with Gasteiger partial charge in [0.05, 0.1) is 18.2 Å². The van der Waals surface area contributed by atoms with E-state index < -0.39 is 17.3 Å². The molecule has 0 saturated heterocycles. The lowest BCUT2D eigenvalue weighted by Gasteiger charge is -2.06. The number of carboxylic acid groups (broad SMARTS) is 1. The lowest BCUT2D eigenvalue weighted by atomic mass is 10.0. The SMILES string of the molecule is COc1ccc(F)c(-c2cc(C(=O)O)c[nH]c2=O)c1. The molecule has 98 valence electrons. The van der Waals surface area contributed by atoms with Crippen LogP contribution in [0, 0.1) is 5.82 Å². The van der Waals surface area contributed by atoms with Crippen LogP contribution >= 0.6 is 0 Å². The van der Waals surface area contributed by atoms with E-state index in [2.05, 4.69) is 4.98 Å². The zero-order chi connectivity index (χ0) is 14.0. The minimum atomic E-state index is -1.21. The number of rotatable bonds is 3. The number of aromatic amines is 1. The van der Waals surface area contributed by atoms with Crippen molar-refractivity contribution in [2.24, 2.45) is 0 Å². The number of methoxy groups -OCH3 is 1. The molecule has 6 heteroatoms. The van der Waals surface area contributed by atoms with Crippen molar-refractivity contribution in [3.05, 3.63) is 52.2 Å². The van der Waals surface area contributed by atoms with Crippen molar-refractivity contribution in [3.63, 3.8) is 0 Å². The van der Waals surface area contributed by atoms with E-state index >= 15 is 0 Å². The third-order valence-electron chi connectivity index (χ3n) is 2.61. The molecule has 0 unspecified atom stereocenters. The summed E-state index contributed by atoms with van der Waals surface area (Å²) in [6.07, 6.45) is 1.06. The lowest BCUT2D eigenvalue weighted by molar-refractivity contribution is 0.0696. The zero-order valence-corrected chi connectivity index (χ0v) is 9.94. The summed E-state index contributed by atoms with van der Waals surface area (Å²) in [5, 5.41) is 8.88. The Hall–Kier alpha value is -2.63. The maximum absolute atomic E-state index is 13.7. The molecule has 0 bridgehead atoms. The van der Waals surface area contributed by atoms with E-state index in [1.807, 2.05) is 0 Å². The highest BCUT2D eigenvalue weighted by molar-refractivity contribution is 5.88. The second-order valence-electron chi connectivity index (χ2n) is 3.78. The molecule has 0 amide bonds. The predicted molar refractivity (Wildman–Crippen MR) is 66.0 cm³/mol. The maximum atomic E-state index is 13.7. The number of hydrogen-bond acceptors (Lipinski definition) is 3. The van der Waals surface area contributed by atoms with E-state index in [0.29, 0.717) is 5.75 Å². The van der Waals surface area contributed by atoms with Gasteiger partial charge in [-0.1, -0.05) is 0 Å². The van der Waals surface area contributed by atoms with Crippen molar-refractivity contribution < 1.29 is 19.0 Å². The number of pyridine rings is 1. The Labute approximate surface area is 107 Å². The van der Waals surface area contributed by atoms with E-state index in [1.54, 1.807) is 0 Å². The molecule has 0 aliphatic carbocycles. The maximum Gasteiger partial charge on any atom is 0.337 e. The molecule has 1 aromatic carbocycles. The minimum Gasteiger partial charge on any atom is -0.497 e. The van der Waals surface area contributed by atoms with Crippen molar-refractivity contribution >= 4 is 5.97 Å². The highest BCUT2D eigenvalue weighted by Gasteiger charge is 2.13. The van der Waals surface area contributed by atoms with Gasteiger partial charge in [0.1, 0.15) is 11.6 Å². The highest BCUT2D eigenvalue weighted by atomic mass is 19.1. The summed E-state index contributed by atoms with van der Waals surface area (Å²) in [4.78, 5) is 24.8. The molecule has 2 aromatic rings. The number of halogens is 1. The Kier molecular flexibility index (Phi) is 3.33. The monoisotopic (exact) mass is 263 g/mol. The van der Waals surface area contributed by atoms with Crippen molar-refractivity contribution in [1.29, 1.82) is 0 Å². The molecule has 0 fully saturated rings. The number of aromatic carboxylic acids is 1. The van der Waals surface area contributed by atoms with Gasteiger partial charge in [-0.2, -0.15) is 0 Å². The van der Waals surface area contributed by atoms with Crippen LogP contribution in [0.5, 0.6) is 5.75 Å². The van der Waals surface area contributed by atoms with Crippen LogP contribution in [0.2, 0.25) is 0 Å². The quantitative estimate of drug-likeness (QED) is 0.886. The van der Waals surface area contributed by atoms with Crippen LogP contribution in [0.25, 0.3) is 11.1 Å². The number of carboxylic acids is 1. The van der Waals surface area contributed by atoms with Crippen LogP contribution in [0.1, 0.15) is 10.4 Å². The summed E-state index contributed by atoms with van der Waals surface area (Å²) in [6.45, 7) is 0. The molecule has 2 N–H and O–H groups in total. The average molecular weight is 263 g/mol. The van der Waals surface area contributed by atoms with Gasteiger partial charge in [0.25, 0.3) is 5.56 Å². The number of benzene rings is 1. The highest BCUT2D eigenvalue weighted by Crippen LogP contribution is 2.25. The first kappa shape index (κ1) is 12.8. The fraction of sp³-hybridized carbons (Fsp3) is 0.0769. The molecule has 19 heavy (non-hydrogen) atoms. The van der Waals surface area contributed by atoms with Gasteiger partial charge in [0.2, 0.25) is 0 Å². The standard InChI is InChI=1S/C13H10FNO4/c1-19-8-2-3-11(14)9(5-8)10-4-7(13(17)18)6-15-12(10)16/h2-6H,1H3,(H,15,16)(H,17,18). The number of hydrogen-bond donors (Lipinski definition) is 2. The molecule has 1 aromatic heterocycles. The first-order chi connectivity index (χ1) is 9.02.